The van der Waals surface area contributed by atoms with Crippen molar-refractivity contribution in [3.05, 3.63) is 35.4 Å². The van der Waals surface area contributed by atoms with Gasteiger partial charge in [-0.2, -0.15) is 0 Å². The van der Waals surface area contributed by atoms with Crippen LogP contribution in [0, 0.1) is 11.6 Å². The van der Waals surface area contributed by atoms with E-state index < -0.39 is 29.6 Å². The maximum absolute atomic E-state index is 13.4. The summed E-state index contributed by atoms with van der Waals surface area (Å²) in [5, 5.41) is 10.9. The molecule has 0 aliphatic heterocycles. The number of benzene rings is 1. The number of hydrogen-bond donors (Lipinski definition) is 2. The largest absolute Gasteiger partial charge is 0.481 e. The fourth-order valence-corrected chi connectivity index (χ4v) is 1.99. The molecule has 1 atom stereocenters. The van der Waals surface area contributed by atoms with Crippen molar-refractivity contribution in [2.45, 2.75) is 13.0 Å². The van der Waals surface area contributed by atoms with E-state index in [1.54, 1.807) is 6.92 Å². The van der Waals surface area contributed by atoms with Crippen LogP contribution in [0.1, 0.15) is 18.5 Å². The molecule has 0 heterocycles. The van der Waals surface area contributed by atoms with Crippen molar-refractivity contribution in [1.82, 2.24) is 5.32 Å². The lowest BCUT2D eigenvalue weighted by molar-refractivity contribution is -0.133. The molecule has 104 valence electrons. The summed E-state index contributed by atoms with van der Waals surface area (Å²) < 4.78 is 26.2. The summed E-state index contributed by atoms with van der Waals surface area (Å²) in [5.74, 6) is -3.02. The molecule has 0 aromatic heterocycles. The molecule has 7 heteroatoms. The van der Waals surface area contributed by atoms with Gasteiger partial charge in [-0.15, -0.1) is 11.8 Å². The molecule has 4 nitrogen and oxygen atoms in total. The van der Waals surface area contributed by atoms with Crippen LogP contribution in [0.2, 0.25) is 0 Å². The normalized spacial score (nSPS) is 11.9. The maximum Gasteiger partial charge on any atom is 0.313 e. The molecule has 0 saturated carbocycles. The molecule has 0 bridgehead atoms. The average molecular weight is 289 g/mol. The van der Waals surface area contributed by atoms with Crippen molar-refractivity contribution in [2.75, 3.05) is 11.5 Å². The van der Waals surface area contributed by atoms with Gasteiger partial charge in [-0.25, -0.2) is 8.78 Å². The Morgan fingerprint density at radius 1 is 1.37 bits per heavy atom. The zero-order valence-electron chi connectivity index (χ0n) is 10.2. The van der Waals surface area contributed by atoms with Crippen LogP contribution in [0.25, 0.3) is 0 Å². The predicted octanol–water partition coefficient (Wildman–Crippen LogP) is 1.96. The molecule has 1 rings (SSSR count). The quantitative estimate of drug-likeness (QED) is 0.840. The molecular formula is C12H13F2NO3S. The van der Waals surface area contributed by atoms with Gasteiger partial charge in [0.25, 0.3) is 0 Å². The second-order valence-corrected chi connectivity index (χ2v) is 4.83. The first-order chi connectivity index (χ1) is 8.90. The highest BCUT2D eigenvalue weighted by atomic mass is 32.2. The zero-order chi connectivity index (χ0) is 14.4. The van der Waals surface area contributed by atoms with E-state index in [1.165, 1.54) is 6.07 Å². The number of rotatable bonds is 6. The van der Waals surface area contributed by atoms with Crippen LogP contribution in [-0.4, -0.2) is 28.5 Å². The number of halogens is 2. The minimum Gasteiger partial charge on any atom is -0.481 e. The number of hydrogen-bond acceptors (Lipinski definition) is 3. The summed E-state index contributed by atoms with van der Waals surface area (Å²) in [4.78, 5) is 21.7. The average Bonchev–Trinajstić information content (AvgIpc) is 2.27. The zero-order valence-corrected chi connectivity index (χ0v) is 11.0. The fourth-order valence-electron chi connectivity index (χ4n) is 1.44. The van der Waals surface area contributed by atoms with E-state index in [2.05, 4.69) is 5.32 Å². The van der Waals surface area contributed by atoms with Crippen molar-refractivity contribution in [1.29, 1.82) is 0 Å². The van der Waals surface area contributed by atoms with Gasteiger partial charge in [-0.05, 0) is 13.0 Å². The molecule has 0 aliphatic carbocycles. The number of aliphatic carboxylic acids is 1. The Bertz CT molecular complexity index is 482. The van der Waals surface area contributed by atoms with Crippen molar-refractivity contribution in [2.24, 2.45) is 0 Å². The highest BCUT2D eigenvalue weighted by Gasteiger charge is 2.14. The molecule has 0 saturated heterocycles. The van der Waals surface area contributed by atoms with Crippen molar-refractivity contribution in [3.8, 4) is 0 Å². The Hall–Kier alpha value is -1.63. The van der Waals surface area contributed by atoms with Crippen molar-refractivity contribution in [3.63, 3.8) is 0 Å². The number of carbonyl (C=O) groups is 2. The van der Waals surface area contributed by atoms with Crippen LogP contribution in [0.15, 0.2) is 18.2 Å². The number of carbonyl (C=O) groups excluding carboxylic acids is 1. The second kappa shape index (κ2) is 7.08. The number of amides is 1. The molecule has 0 radical (unpaired) electrons. The van der Waals surface area contributed by atoms with Crippen LogP contribution in [0.4, 0.5) is 8.78 Å². The van der Waals surface area contributed by atoms with E-state index in [4.69, 9.17) is 5.11 Å². The molecule has 1 aromatic carbocycles. The Morgan fingerprint density at radius 3 is 2.63 bits per heavy atom. The summed E-state index contributed by atoms with van der Waals surface area (Å²) in [7, 11) is 0. The fraction of sp³-hybridized carbons (Fsp3) is 0.333. The van der Waals surface area contributed by atoms with Crippen LogP contribution in [0.5, 0.6) is 0 Å². The number of carboxylic acid groups (broad SMARTS) is 1. The highest BCUT2D eigenvalue weighted by Crippen LogP contribution is 2.17. The Morgan fingerprint density at radius 2 is 2.05 bits per heavy atom. The van der Waals surface area contributed by atoms with Crippen molar-refractivity contribution >= 4 is 23.6 Å². The summed E-state index contributed by atoms with van der Waals surface area (Å²) in [6, 6.07) is 2.51. The standard InChI is InChI=1S/C12H13F2NO3S/c1-7(9-3-2-8(13)4-10(9)14)15-11(16)5-19-6-12(17)18/h2-4,7H,5-6H2,1H3,(H,15,16)(H,17,18). The van der Waals surface area contributed by atoms with Gasteiger partial charge in [0.1, 0.15) is 11.6 Å². The topological polar surface area (TPSA) is 66.4 Å². The van der Waals surface area contributed by atoms with Crippen LogP contribution in [-0.2, 0) is 9.59 Å². The van der Waals surface area contributed by atoms with Gasteiger partial charge in [0.2, 0.25) is 5.91 Å². The smallest absolute Gasteiger partial charge is 0.313 e. The van der Waals surface area contributed by atoms with E-state index in [0.29, 0.717) is 0 Å². The molecule has 0 fully saturated rings. The van der Waals surface area contributed by atoms with E-state index in [-0.39, 0.29) is 17.1 Å². The lowest BCUT2D eigenvalue weighted by atomic mass is 10.1. The SMILES string of the molecule is CC(NC(=O)CSCC(=O)O)c1ccc(F)cc1F. The van der Waals surface area contributed by atoms with E-state index in [0.717, 1.165) is 23.9 Å². The van der Waals surface area contributed by atoms with Gasteiger partial charge in [0.05, 0.1) is 17.5 Å². The Kier molecular flexibility index (Phi) is 5.75. The first-order valence-electron chi connectivity index (χ1n) is 5.44. The molecule has 19 heavy (non-hydrogen) atoms. The van der Waals surface area contributed by atoms with E-state index in [9.17, 15) is 18.4 Å². The first kappa shape index (κ1) is 15.4. The van der Waals surface area contributed by atoms with Gasteiger partial charge in [0.15, 0.2) is 0 Å². The number of nitrogens with one attached hydrogen (secondary N) is 1. The molecule has 0 spiro atoms. The Balaban J connectivity index is 2.52. The van der Waals surface area contributed by atoms with E-state index >= 15 is 0 Å². The van der Waals surface area contributed by atoms with E-state index in [1.807, 2.05) is 0 Å². The second-order valence-electron chi connectivity index (χ2n) is 3.84. The summed E-state index contributed by atoms with van der Waals surface area (Å²) in [6.07, 6.45) is 0. The van der Waals surface area contributed by atoms with Gasteiger partial charge in [-0.1, -0.05) is 6.07 Å². The van der Waals surface area contributed by atoms with Gasteiger partial charge in [0, 0.05) is 11.6 Å². The minimum atomic E-state index is -1.00. The number of carboxylic acids is 1. The molecule has 1 amide bonds. The monoisotopic (exact) mass is 289 g/mol. The van der Waals surface area contributed by atoms with Gasteiger partial charge < -0.3 is 10.4 Å². The van der Waals surface area contributed by atoms with Crippen LogP contribution >= 0.6 is 11.8 Å². The minimum absolute atomic E-state index is 0.0283. The third-order valence-electron chi connectivity index (χ3n) is 2.27. The van der Waals surface area contributed by atoms with Gasteiger partial charge in [-0.3, -0.25) is 9.59 Å². The van der Waals surface area contributed by atoms with Crippen molar-refractivity contribution < 1.29 is 23.5 Å². The molecule has 1 aromatic rings. The number of thioether (sulfide) groups is 1. The third-order valence-corrected chi connectivity index (χ3v) is 3.18. The lowest BCUT2D eigenvalue weighted by Crippen LogP contribution is -2.29. The summed E-state index contributed by atoms with van der Waals surface area (Å²) in [6.45, 7) is 1.57. The molecular weight excluding hydrogens is 276 g/mol. The predicted molar refractivity (Wildman–Crippen MR) is 67.9 cm³/mol. The highest BCUT2D eigenvalue weighted by molar-refractivity contribution is 8.00. The molecule has 1 unspecified atom stereocenters. The maximum atomic E-state index is 13.4. The first-order valence-corrected chi connectivity index (χ1v) is 6.59. The van der Waals surface area contributed by atoms with Crippen LogP contribution < -0.4 is 5.32 Å². The third kappa shape index (κ3) is 5.25. The lowest BCUT2D eigenvalue weighted by Gasteiger charge is -2.14. The van der Waals surface area contributed by atoms with Gasteiger partial charge >= 0.3 is 5.97 Å². The summed E-state index contributed by atoms with van der Waals surface area (Å²) in [5.41, 5.74) is 0.179. The Labute approximate surface area is 113 Å². The molecule has 2 N–H and O–H groups in total. The summed E-state index contributed by atoms with van der Waals surface area (Å²) >= 11 is 0.948. The molecule has 0 aliphatic rings. The van der Waals surface area contributed by atoms with Crippen LogP contribution in [0.3, 0.4) is 0 Å².